The zero-order valence-electron chi connectivity index (χ0n) is 22.2. The molecule has 2 N–H and O–H groups in total. The van der Waals surface area contributed by atoms with E-state index in [0.29, 0.717) is 24.5 Å². The third-order valence-corrected chi connectivity index (χ3v) is 6.88. The minimum absolute atomic E-state index is 0.00588. The number of pyridine rings is 2. The van der Waals surface area contributed by atoms with Crippen molar-refractivity contribution in [1.82, 2.24) is 25.1 Å². The average Bonchev–Trinajstić information content (AvgIpc) is 3.39. The Labute approximate surface area is 239 Å². The molecule has 0 spiro atoms. The van der Waals surface area contributed by atoms with Crippen LogP contribution in [-0.2, 0) is 19.0 Å². The van der Waals surface area contributed by atoms with Gasteiger partial charge in [0.25, 0.3) is 11.8 Å². The summed E-state index contributed by atoms with van der Waals surface area (Å²) in [5.74, 6) is -1.64. The van der Waals surface area contributed by atoms with Gasteiger partial charge in [-0.3, -0.25) is 9.59 Å². The molecule has 0 radical (unpaired) electrons. The van der Waals surface area contributed by atoms with Crippen molar-refractivity contribution in [2.75, 3.05) is 5.32 Å². The van der Waals surface area contributed by atoms with E-state index in [1.807, 2.05) is 30.3 Å². The van der Waals surface area contributed by atoms with Gasteiger partial charge in [-0.15, -0.1) is 0 Å². The number of aryl methyl sites for hydroxylation is 1. The summed E-state index contributed by atoms with van der Waals surface area (Å²) in [6, 6.07) is 12.6. The maximum absolute atomic E-state index is 13.7. The van der Waals surface area contributed by atoms with Crippen LogP contribution in [0.25, 0.3) is 16.9 Å². The Bertz CT molecular complexity index is 1620. The number of alkyl halides is 3. The molecule has 1 aromatic carbocycles. The lowest BCUT2D eigenvalue weighted by atomic mass is 9.86. The van der Waals surface area contributed by atoms with Crippen molar-refractivity contribution in [2.45, 2.75) is 51.7 Å². The zero-order chi connectivity index (χ0) is 29.3. The SMILES string of the molecule is CC(C)NC(=O)c1c(NC(=O)c2cc(C(F)(F)F)nn2-c2ncccc2Cl)nc2c(c1-c1ccccc1)CCCC2. The summed E-state index contributed by atoms with van der Waals surface area (Å²) >= 11 is 6.20. The van der Waals surface area contributed by atoms with E-state index in [0.717, 1.165) is 34.3 Å². The fourth-order valence-corrected chi connectivity index (χ4v) is 5.06. The number of benzene rings is 1. The molecule has 0 saturated carbocycles. The number of fused-ring (bicyclic) bond motifs is 1. The Hall–Kier alpha value is -4.25. The van der Waals surface area contributed by atoms with E-state index in [1.54, 1.807) is 13.8 Å². The highest BCUT2D eigenvalue weighted by Gasteiger charge is 2.37. The molecule has 3 heterocycles. The number of carbonyl (C=O) groups is 2. The predicted molar refractivity (Wildman–Crippen MR) is 148 cm³/mol. The van der Waals surface area contributed by atoms with Crippen LogP contribution in [0.3, 0.4) is 0 Å². The Morgan fingerprint density at radius 1 is 1.02 bits per heavy atom. The average molecular weight is 583 g/mol. The van der Waals surface area contributed by atoms with E-state index in [2.05, 4.69) is 25.7 Å². The van der Waals surface area contributed by atoms with Gasteiger partial charge in [-0.1, -0.05) is 41.9 Å². The van der Waals surface area contributed by atoms with Gasteiger partial charge in [0.2, 0.25) is 0 Å². The number of aromatic nitrogens is 4. The lowest BCUT2D eigenvalue weighted by Gasteiger charge is -2.24. The van der Waals surface area contributed by atoms with Crippen LogP contribution in [0.1, 0.15) is 64.5 Å². The third-order valence-electron chi connectivity index (χ3n) is 6.59. The zero-order valence-corrected chi connectivity index (χ0v) is 23.0. The molecule has 2 amide bonds. The molecule has 0 saturated heterocycles. The second-order valence-corrected chi connectivity index (χ2v) is 10.3. The first kappa shape index (κ1) is 28.3. The van der Waals surface area contributed by atoms with Gasteiger partial charge >= 0.3 is 6.18 Å². The Kier molecular flexibility index (Phi) is 7.81. The fourth-order valence-electron chi connectivity index (χ4n) is 4.86. The lowest BCUT2D eigenvalue weighted by Crippen LogP contribution is -2.33. The number of nitrogens with zero attached hydrogens (tertiary/aromatic N) is 4. The van der Waals surface area contributed by atoms with E-state index < -0.39 is 29.4 Å². The van der Waals surface area contributed by atoms with E-state index in [1.165, 1.54) is 18.3 Å². The van der Waals surface area contributed by atoms with Gasteiger partial charge in [0.05, 0.1) is 10.6 Å². The number of amides is 2. The van der Waals surface area contributed by atoms with Crippen LogP contribution in [-0.4, -0.2) is 37.6 Å². The minimum atomic E-state index is -4.84. The topological polar surface area (TPSA) is 102 Å². The smallest absolute Gasteiger partial charge is 0.350 e. The van der Waals surface area contributed by atoms with Crippen LogP contribution in [0.2, 0.25) is 5.02 Å². The molecule has 212 valence electrons. The molecule has 0 aliphatic heterocycles. The molecule has 4 aromatic rings. The van der Waals surface area contributed by atoms with Crippen LogP contribution in [0, 0.1) is 0 Å². The van der Waals surface area contributed by atoms with Crippen molar-refractivity contribution < 1.29 is 22.8 Å². The standard InChI is InChI=1S/C29H26ClF3N6O2/c1-16(2)35-28(41)24-23(17-9-4-3-5-10-17)18-11-6-7-13-20(18)36-25(24)37-27(40)21-15-22(29(31,32)33)38-39(21)26-19(30)12-8-14-34-26/h3-5,8-10,12,14-16H,6-7,11,13H2,1-2H3,(H,35,41)(H,36,37,40). The molecule has 41 heavy (non-hydrogen) atoms. The molecule has 0 unspecified atom stereocenters. The van der Waals surface area contributed by atoms with Gasteiger partial charge in [-0.2, -0.15) is 18.3 Å². The molecular weight excluding hydrogens is 557 g/mol. The number of anilines is 1. The normalized spacial score (nSPS) is 13.1. The van der Waals surface area contributed by atoms with E-state index in [4.69, 9.17) is 11.6 Å². The Morgan fingerprint density at radius 3 is 2.44 bits per heavy atom. The van der Waals surface area contributed by atoms with Crippen LogP contribution in [0.4, 0.5) is 19.0 Å². The molecule has 0 atom stereocenters. The van der Waals surface area contributed by atoms with Crippen molar-refractivity contribution in [3.63, 3.8) is 0 Å². The van der Waals surface area contributed by atoms with E-state index in [-0.39, 0.29) is 28.3 Å². The summed E-state index contributed by atoms with van der Waals surface area (Å²) in [7, 11) is 0. The monoisotopic (exact) mass is 582 g/mol. The molecule has 0 fully saturated rings. The molecule has 1 aliphatic carbocycles. The number of halogens is 4. The number of carbonyl (C=O) groups excluding carboxylic acids is 2. The molecular formula is C29H26ClF3N6O2. The van der Waals surface area contributed by atoms with Gasteiger partial charge in [0, 0.05) is 29.6 Å². The van der Waals surface area contributed by atoms with Gasteiger partial charge in [-0.05, 0) is 62.8 Å². The number of hydrogen-bond acceptors (Lipinski definition) is 5. The summed E-state index contributed by atoms with van der Waals surface area (Å²) in [4.78, 5) is 36.0. The van der Waals surface area contributed by atoms with Crippen LogP contribution >= 0.6 is 11.6 Å². The second kappa shape index (κ2) is 11.3. The van der Waals surface area contributed by atoms with Crippen molar-refractivity contribution in [3.8, 4) is 16.9 Å². The summed E-state index contributed by atoms with van der Waals surface area (Å²) < 4.78 is 41.8. The predicted octanol–water partition coefficient (Wildman–Crippen LogP) is 6.27. The first-order valence-corrected chi connectivity index (χ1v) is 13.4. The van der Waals surface area contributed by atoms with Crippen LogP contribution in [0.15, 0.2) is 54.7 Å². The van der Waals surface area contributed by atoms with Crippen LogP contribution < -0.4 is 10.6 Å². The maximum Gasteiger partial charge on any atom is 0.435 e. The summed E-state index contributed by atoms with van der Waals surface area (Å²) in [5.41, 5.74) is 1.40. The van der Waals surface area contributed by atoms with Crippen molar-refractivity contribution in [1.29, 1.82) is 0 Å². The Morgan fingerprint density at radius 2 is 1.76 bits per heavy atom. The van der Waals surface area contributed by atoms with Gasteiger partial charge in [-0.25, -0.2) is 14.6 Å². The highest BCUT2D eigenvalue weighted by atomic mass is 35.5. The molecule has 12 heteroatoms. The highest BCUT2D eigenvalue weighted by molar-refractivity contribution is 6.32. The molecule has 8 nitrogen and oxygen atoms in total. The van der Waals surface area contributed by atoms with Gasteiger partial charge in [0.1, 0.15) is 11.5 Å². The minimum Gasteiger partial charge on any atom is -0.350 e. The van der Waals surface area contributed by atoms with E-state index in [9.17, 15) is 22.8 Å². The third kappa shape index (κ3) is 5.81. The highest BCUT2D eigenvalue weighted by Crippen LogP contribution is 2.38. The van der Waals surface area contributed by atoms with Crippen LogP contribution in [0.5, 0.6) is 0 Å². The molecule has 1 aliphatic rings. The second-order valence-electron chi connectivity index (χ2n) is 9.92. The van der Waals surface area contributed by atoms with E-state index >= 15 is 0 Å². The van der Waals surface area contributed by atoms with Crippen molar-refractivity contribution >= 4 is 29.2 Å². The fraction of sp³-hybridized carbons (Fsp3) is 0.276. The summed E-state index contributed by atoms with van der Waals surface area (Å²) in [5, 5.41) is 9.09. The number of rotatable bonds is 6. The molecule has 0 bridgehead atoms. The summed E-state index contributed by atoms with van der Waals surface area (Å²) in [6.45, 7) is 3.61. The van der Waals surface area contributed by atoms with Gasteiger partial charge in [0.15, 0.2) is 11.5 Å². The first-order chi connectivity index (χ1) is 19.5. The number of hydrogen-bond donors (Lipinski definition) is 2. The van der Waals surface area contributed by atoms with Gasteiger partial charge < -0.3 is 10.6 Å². The number of nitrogens with one attached hydrogen (secondary N) is 2. The quantitative estimate of drug-likeness (QED) is 0.279. The largest absolute Gasteiger partial charge is 0.435 e. The first-order valence-electron chi connectivity index (χ1n) is 13.1. The van der Waals surface area contributed by atoms with Crippen molar-refractivity contribution in [2.24, 2.45) is 0 Å². The maximum atomic E-state index is 13.7. The molecule has 3 aromatic heterocycles. The van der Waals surface area contributed by atoms with Crippen molar-refractivity contribution in [3.05, 3.63) is 88.0 Å². The Balaban J connectivity index is 1.69. The lowest BCUT2D eigenvalue weighted by molar-refractivity contribution is -0.141. The molecule has 5 rings (SSSR count). The summed E-state index contributed by atoms with van der Waals surface area (Å²) in [6.07, 6.45) is -0.404.